The smallest absolute Gasteiger partial charge is 0.214 e. The summed E-state index contributed by atoms with van der Waals surface area (Å²) < 4.78 is 7.07. The first kappa shape index (κ1) is 17.6. The zero-order chi connectivity index (χ0) is 18.0. The largest absolute Gasteiger partial charge is 0.497 e. The van der Waals surface area contributed by atoms with E-state index in [-0.39, 0.29) is 5.78 Å². The van der Waals surface area contributed by atoms with Crippen molar-refractivity contribution in [2.75, 3.05) is 7.11 Å². The predicted molar refractivity (Wildman–Crippen MR) is 96.8 cm³/mol. The highest BCUT2D eigenvalue weighted by molar-refractivity contribution is 6.07. The van der Waals surface area contributed by atoms with Crippen LogP contribution in [0.25, 0.3) is 0 Å². The van der Waals surface area contributed by atoms with Gasteiger partial charge in [0.15, 0.2) is 5.69 Å². The second kappa shape index (κ2) is 7.38. The molecule has 25 heavy (non-hydrogen) atoms. The summed E-state index contributed by atoms with van der Waals surface area (Å²) in [5.74, 6) is 2.50. The lowest BCUT2D eigenvalue weighted by atomic mass is 9.74. The van der Waals surface area contributed by atoms with Crippen LogP contribution in [0.3, 0.4) is 0 Å². The molecule has 0 saturated heterocycles. The fourth-order valence-electron chi connectivity index (χ4n) is 3.89. The summed E-state index contributed by atoms with van der Waals surface area (Å²) >= 11 is 0. The van der Waals surface area contributed by atoms with Crippen molar-refractivity contribution in [1.29, 1.82) is 0 Å². The van der Waals surface area contributed by atoms with E-state index in [1.165, 1.54) is 12.8 Å². The molecule has 1 aromatic carbocycles. The van der Waals surface area contributed by atoms with Gasteiger partial charge in [0.2, 0.25) is 5.78 Å². The second-order valence-corrected chi connectivity index (χ2v) is 7.53. The number of rotatable bonds is 5. The van der Waals surface area contributed by atoms with Crippen LogP contribution in [0.2, 0.25) is 0 Å². The lowest BCUT2D eigenvalue weighted by Crippen LogP contribution is -2.30. The topological polar surface area (TPSA) is 57.0 Å². The molecule has 2 aromatic rings. The van der Waals surface area contributed by atoms with Crippen LogP contribution in [-0.4, -0.2) is 27.9 Å². The van der Waals surface area contributed by atoms with Gasteiger partial charge in [-0.1, -0.05) is 32.4 Å². The Morgan fingerprint density at radius 2 is 1.96 bits per heavy atom. The number of methoxy groups -OCH3 is 1. The number of carbonyl (C=O) groups excluding carboxylic acids is 1. The molecule has 0 amide bonds. The molecule has 5 nitrogen and oxygen atoms in total. The van der Waals surface area contributed by atoms with Gasteiger partial charge < -0.3 is 4.74 Å². The SMILES string of the molecule is COc1ccc(C(=O)c2cn([C@@H]3C[C@H](C)CC[C@H]3C(C)C)nn2)cc1. The molecule has 0 radical (unpaired) electrons. The molecule has 1 fully saturated rings. The van der Waals surface area contributed by atoms with E-state index in [0.29, 0.717) is 35.1 Å². The normalized spacial score (nSPS) is 23.6. The third-order valence-corrected chi connectivity index (χ3v) is 5.42. The number of hydrogen-bond acceptors (Lipinski definition) is 4. The van der Waals surface area contributed by atoms with Crippen LogP contribution in [-0.2, 0) is 0 Å². The molecular formula is C20H27N3O2. The minimum atomic E-state index is -0.0983. The lowest BCUT2D eigenvalue weighted by Gasteiger charge is -2.37. The molecule has 0 aliphatic heterocycles. The molecule has 5 heteroatoms. The highest BCUT2D eigenvalue weighted by Crippen LogP contribution is 2.40. The zero-order valence-electron chi connectivity index (χ0n) is 15.5. The zero-order valence-corrected chi connectivity index (χ0v) is 15.5. The monoisotopic (exact) mass is 341 g/mol. The molecule has 0 unspecified atom stereocenters. The third kappa shape index (κ3) is 3.75. The molecule has 1 aliphatic rings. The molecular weight excluding hydrogens is 314 g/mol. The molecule has 0 spiro atoms. The number of benzene rings is 1. The van der Waals surface area contributed by atoms with Crippen molar-refractivity contribution < 1.29 is 9.53 Å². The van der Waals surface area contributed by atoms with Gasteiger partial charge in [-0.25, -0.2) is 4.68 Å². The summed E-state index contributed by atoms with van der Waals surface area (Å²) in [7, 11) is 1.61. The van der Waals surface area contributed by atoms with Gasteiger partial charge in [0.1, 0.15) is 5.75 Å². The second-order valence-electron chi connectivity index (χ2n) is 7.53. The Bertz CT molecular complexity index is 721. The van der Waals surface area contributed by atoms with Crippen molar-refractivity contribution in [3.05, 3.63) is 41.7 Å². The van der Waals surface area contributed by atoms with E-state index < -0.39 is 0 Å². The van der Waals surface area contributed by atoms with Crippen molar-refractivity contribution in [2.45, 2.75) is 46.1 Å². The Morgan fingerprint density at radius 3 is 2.60 bits per heavy atom. The number of ketones is 1. The fraction of sp³-hybridized carbons (Fsp3) is 0.550. The van der Waals surface area contributed by atoms with Crippen LogP contribution >= 0.6 is 0 Å². The fourth-order valence-corrected chi connectivity index (χ4v) is 3.89. The van der Waals surface area contributed by atoms with Crippen LogP contribution < -0.4 is 4.74 Å². The summed E-state index contributed by atoms with van der Waals surface area (Å²) in [6.07, 6.45) is 5.41. The van der Waals surface area contributed by atoms with Crippen molar-refractivity contribution in [3.63, 3.8) is 0 Å². The molecule has 1 aromatic heterocycles. The van der Waals surface area contributed by atoms with Crippen molar-refractivity contribution in [1.82, 2.24) is 15.0 Å². The quantitative estimate of drug-likeness (QED) is 0.767. The van der Waals surface area contributed by atoms with Gasteiger partial charge in [-0.05, 0) is 54.9 Å². The molecule has 0 N–H and O–H groups in total. The maximum atomic E-state index is 12.7. The summed E-state index contributed by atoms with van der Waals surface area (Å²) in [6.45, 7) is 6.84. The maximum absolute atomic E-state index is 12.7. The van der Waals surface area contributed by atoms with E-state index >= 15 is 0 Å². The van der Waals surface area contributed by atoms with Crippen LogP contribution in [0, 0.1) is 17.8 Å². The van der Waals surface area contributed by atoms with E-state index in [1.807, 2.05) is 10.9 Å². The molecule has 134 valence electrons. The van der Waals surface area contributed by atoms with E-state index in [9.17, 15) is 4.79 Å². The minimum Gasteiger partial charge on any atom is -0.497 e. The lowest BCUT2D eigenvalue weighted by molar-refractivity contribution is 0.103. The summed E-state index contributed by atoms with van der Waals surface area (Å²) in [5, 5.41) is 8.47. The Balaban J connectivity index is 1.81. The maximum Gasteiger partial charge on any atom is 0.214 e. The molecule has 1 heterocycles. The van der Waals surface area contributed by atoms with Gasteiger partial charge in [-0.3, -0.25) is 4.79 Å². The van der Waals surface area contributed by atoms with E-state index in [1.54, 1.807) is 31.4 Å². The van der Waals surface area contributed by atoms with Crippen LogP contribution in [0.1, 0.15) is 62.1 Å². The summed E-state index contributed by atoms with van der Waals surface area (Å²) in [5.41, 5.74) is 1.01. The number of ether oxygens (including phenoxy) is 1. The summed E-state index contributed by atoms with van der Waals surface area (Å²) in [4.78, 5) is 12.7. The minimum absolute atomic E-state index is 0.0983. The Kier molecular flexibility index (Phi) is 5.21. The number of aromatic nitrogens is 3. The number of carbonyl (C=O) groups is 1. The number of hydrogen-bond donors (Lipinski definition) is 0. The van der Waals surface area contributed by atoms with Gasteiger partial charge in [0, 0.05) is 5.56 Å². The Morgan fingerprint density at radius 1 is 1.24 bits per heavy atom. The first-order chi connectivity index (χ1) is 12.0. The van der Waals surface area contributed by atoms with E-state index in [4.69, 9.17) is 4.74 Å². The third-order valence-electron chi connectivity index (χ3n) is 5.42. The van der Waals surface area contributed by atoms with Gasteiger partial charge >= 0.3 is 0 Å². The molecule has 1 aliphatic carbocycles. The molecule has 3 rings (SSSR count). The average Bonchev–Trinajstić information content (AvgIpc) is 3.11. The van der Waals surface area contributed by atoms with Crippen molar-refractivity contribution in [2.24, 2.45) is 17.8 Å². The van der Waals surface area contributed by atoms with Gasteiger partial charge in [0.05, 0.1) is 19.3 Å². The van der Waals surface area contributed by atoms with Crippen LogP contribution in [0.5, 0.6) is 5.75 Å². The molecule has 1 saturated carbocycles. The first-order valence-electron chi connectivity index (χ1n) is 9.10. The number of nitrogens with zero attached hydrogens (tertiary/aromatic N) is 3. The van der Waals surface area contributed by atoms with Gasteiger partial charge in [-0.2, -0.15) is 0 Å². The van der Waals surface area contributed by atoms with Crippen molar-refractivity contribution >= 4 is 5.78 Å². The van der Waals surface area contributed by atoms with Gasteiger partial charge in [-0.15, -0.1) is 5.10 Å². The Labute approximate surface area is 149 Å². The predicted octanol–water partition coefficient (Wildman–Crippen LogP) is 4.15. The molecule has 0 bridgehead atoms. The highest BCUT2D eigenvalue weighted by atomic mass is 16.5. The van der Waals surface area contributed by atoms with Crippen molar-refractivity contribution in [3.8, 4) is 5.75 Å². The average molecular weight is 341 g/mol. The van der Waals surface area contributed by atoms with Gasteiger partial charge in [0.25, 0.3) is 0 Å². The van der Waals surface area contributed by atoms with E-state index in [0.717, 1.165) is 12.2 Å². The van der Waals surface area contributed by atoms with E-state index in [2.05, 4.69) is 31.1 Å². The highest BCUT2D eigenvalue weighted by Gasteiger charge is 2.33. The standard InChI is InChI=1S/C20H27N3O2/c1-13(2)17-10-5-14(3)11-19(17)23-12-18(21-22-23)20(24)15-6-8-16(25-4)9-7-15/h6-9,12-14,17,19H,5,10-11H2,1-4H3/t14-,17+,19-/m1/s1. The summed E-state index contributed by atoms with van der Waals surface area (Å²) in [6, 6.07) is 7.43. The van der Waals surface area contributed by atoms with Crippen LogP contribution in [0.4, 0.5) is 0 Å². The Hall–Kier alpha value is -2.17. The molecule has 3 atom stereocenters. The van der Waals surface area contributed by atoms with Crippen LogP contribution in [0.15, 0.2) is 30.5 Å². The first-order valence-corrected chi connectivity index (χ1v) is 9.10.